The molecule has 0 radical (unpaired) electrons. The van der Waals surface area contributed by atoms with Crippen LogP contribution in [0.15, 0.2) is 24.3 Å². The summed E-state index contributed by atoms with van der Waals surface area (Å²) in [6.07, 6.45) is 1.16. The molecule has 2 rings (SSSR count). The van der Waals surface area contributed by atoms with Crippen LogP contribution in [0.25, 0.3) is 0 Å². The lowest BCUT2D eigenvalue weighted by molar-refractivity contribution is -0.142. The van der Waals surface area contributed by atoms with Gasteiger partial charge < -0.3 is 10.0 Å². The van der Waals surface area contributed by atoms with E-state index in [2.05, 4.69) is 0 Å². The molecule has 1 aromatic rings. The molecule has 0 spiro atoms. The average molecular weight is 233 g/mol. The number of carbonyl (C=O) groups is 2. The number of rotatable bonds is 3. The van der Waals surface area contributed by atoms with Gasteiger partial charge in [0.1, 0.15) is 6.04 Å². The van der Waals surface area contributed by atoms with Crippen molar-refractivity contribution in [3.8, 4) is 0 Å². The van der Waals surface area contributed by atoms with Gasteiger partial charge in [-0.3, -0.25) is 4.79 Å². The first kappa shape index (κ1) is 11.6. The molecule has 4 nitrogen and oxygen atoms in total. The van der Waals surface area contributed by atoms with Crippen LogP contribution in [0.1, 0.15) is 29.3 Å². The molecule has 1 aromatic carbocycles. The maximum Gasteiger partial charge on any atom is 0.326 e. The molecule has 0 aliphatic carbocycles. The highest BCUT2D eigenvalue weighted by atomic mass is 16.4. The minimum Gasteiger partial charge on any atom is -0.480 e. The van der Waals surface area contributed by atoms with Gasteiger partial charge in [-0.2, -0.15) is 0 Å². The fourth-order valence-electron chi connectivity index (χ4n) is 2.24. The molecular weight excluding hydrogens is 218 g/mol. The number of carboxylic acids is 1. The summed E-state index contributed by atoms with van der Waals surface area (Å²) in [5, 5.41) is 9.18. The number of carbonyl (C=O) groups excluding carboxylic acids is 1. The fraction of sp³-hybridized carbons (Fsp3) is 0.385. The van der Waals surface area contributed by atoms with E-state index in [0.717, 1.165) is 12.0 Å². The van der Waals surface area contributed by atoms with Gasteiger partial charge in [-0.15, -0.1) is 0 Å². The molecule has 90 valence electrons. The highest BCUT2D eigenvalue weighted by molar-refractivity contribution is 5.99. The normalized spacial score (nSPS) is 19.0. The van der Waals surface area contributed by atoms with Gasteiger partial charge in [-0.05, 0) is 18.1 Å². The number of benzene rings is 1. The van der Waals surface area contributed by atoms with Crippen molar-refractivity contribution in [3.63, 3.8) is 0 Å². The van der Waals surface area contributed by atoms with Crippen LogP contribution in [-0.4, -0.2) is 34.5 Å². The molecule has 1 amide bonds. The predicted molar refractivity (Wildman–Crippen MR) is 62.9 cm³/mol. The summed E-state index contributed by atoms with van der Waals surface area (Å²) in [6.45, 7) is 2.43. The molecule has 1 heterocycles. The Hall–Kier alpha value is -1.84. The number of nitrogens with zero attached hydrogens (tertiary/aromatic N) is 1. The van der Waals surface area contributed by atoms with E-state index in [0.29, 0.717) is 18.5 Å². The van der Waals surface area contributed by atoms with Crippen LogP contribution < -0.4 is 0 Å². The van der Waals surface area contributed by atoms with E-state index in [4.69, 9.17) is 0 Å². The first-order valence-electron chi connectivity index (χ1n) is 5.76. The zero-order chi connectivity index (χ0) is 12.4. The Labute approximate surface area is 99.9 Å². The minimum atomic E-state index is -0.929. The largest absolute Gasteiger partial charge is 0.480 e. The smallest absolute Gasteiger partial charge is 0.326 e. The van der Waals surface area contributed by atoms with E-state index in [1.165, 1.54) is 4.90 Å². The van der Waals surface area contributed by atoms with E-state index < -0.39 is 12.0 Å². The molecule has 0 bridgehead atoms. The Morgan fingerprint density at radius 3 is 2.82 bits per heavy atom. The summed E-state index contributed by atoms with van der Waals surface area (Å²) >= 11 is 0. The summed E-state index contributed by atoms with van der Waals surface area (Å²) in [5.74, 6) is -1.09. The average Bonchev–Trinajstić information content (AvgIpc) is 2.32. The molecule has 1 aliphatic heterocycles. The molecular formula is C13H15NO3. The van der Waals surface area contributed by atoms with Crippen molar-refractivity contribution in [3.05, 3.63) is 35.4 Å². The summed E-state index contributed by atoms with van der Waals surface area (Å²) in [4.78, 5) is 24.8. The zero-order valence-corrected chi connectivity index (χ0v) is 9.72. The van der Waals surface area contributed by atoms with Crippen LogP contribution in [0, 0.1) is 0 Å². The molecule has 0 aromatic heterocycles. The third-order valence-corrected chi connectivity index (χ3v) is 3.05. The lowest BCUT2D eigenvalue weighted by Crippen LogP contribution is -2.50. The molecule has 4 heteroatoms. The van der Waals surface area contributed by atoms with Gasteiger partial charge in [-0.25, -0.2) is 4.79 Å². The molecule has 0 saturated heterocycles. The van der Waals surface area contributed by atoms with Crippen molar-refractivity contribution in [2.45, 2.75) is 25.8 Å². The summed E-state index contributed by atoms with van der Waals surface area (Å²) in [7, 11) is 0. The third kappa shape index (κ3) is 2.02. The second kappa shape index (κ2) is 4.57. The van der Waals surface area contributed by atoms with Gasteiger partial charge in [0.05, 0.1) is 0 Å². The summed E-state index contributed by atoms with van der Waals surface area (Å²) in [6, 6.07) is 6.50. The number of hydrogen-bond acceptors (Lipinski definition) is 2. The van der Waals surface area contributed by atoms with Gasteiger partial charge in [0.25, 0.3) is 5.91 Å². The van der Waals surface area contributed by atoms with Crippen molar-refractivity contribution in [2.24, 2.45) is 0 Å². The Bertz CT molecular complexity index is 456. The molecule has 1 unspecified atom stereocenters. The second-order valence-corrected chi connectivity index (χ2v) is 4.21. The first-order valence-corrected chi connectivity index (χ1v) is 5.76. The predicted octanol–water partition coefficient (Wildman–Crippen LogP) is 1.55. The van der Waals surface area contributed by atoms with Gasteiger partial charge >= 0.3 is 5.97 Å². The number of fused-ring (bicyclic) bond motifs is 1. The van der Waals surface area contributed by atoms with Crippen molar-refractivity contribution in [1.29, 1.82) is 0 Å². The Morgan fingerprint density at radius 2 is 2.18 bits per heavy atom. The standard InChI is InChI=1S/C13H15NO3/c1-2-7-14-11(13(16)17)8-9-5-3-4-6-10(9)12(14)15/h3-6,11H,2,7-8H2,1H3,(H,16,17). The van der Waals surface area contributed by atoms with E-state index in [9.17, 15) is 14.7 Å². The van der Waals surface area contributed by atoms with Crippen LogP contribution in [0.2, 0.25) is 0 Å². The topological polar surface area (TPSA) is 57.6 Å². The second-order valence-electron chi connectivity index (χ2n) is 4.21. The number of hydrogen-bond donors (Lipinski definition) is 1. The van der Waals surface area contributed by atoms with Crippen molar-refractivity contribution < 1.29 is 14.7 Å². The quantitative estimate of drug-likeness (QED) is 0.861. The minimum absolute atomic E-state index is 0.166. The Morgan fingerprint density at radius 1 is 1.47 bits per heavy atom. The first-order chi connectivity index (χ1) is 8.15. The lowest BCUT2D eigenvalue weighted by atomic mass is 9.93. The van der Waals surface area contributed by atoms with E-state index in [1.807, 2.05) is 25.1 Å². The van der Waals surface area contributed by atoms with Crippen LogP contribution in [-0.2, 0) is 11.2 Å². The molecule has 1 atom stereocenters. The molecule has 17 heavy (non-hydrogen) atoms. The Kier molecular flexibility index (Phi) is 3.13. The summed E-state index contributed by atoms with van der Waals surface area (Å²) in [5.41, 5.74) is 1.47. The zero-order valence-electron chi connectivity index (χ0n) is 9.72. The van der Waals surface area contributed by atoms with Crippen LogP contribution in [0.4, 0.5) is 0 Å². The van der Waals surface area contributed by atoms with Gasteiger partial charge in [0.2, 0.25) is 0 Å². The SMILES string of the molecule is CCCN1C(=O)c2ccccc2CC1C(=O)O. The molecule has 0 saturated carbocycles. The van der Waals surface area contributed by atoms with Crippen LogP contribution in [0.3, 0.4) is 0 Å². The molecule has 1 N–H and O–H groups in total. The van der Waals surface area contributed by atoms with Crippen molar-refractivity contribution in [1.82, 2.24) is 4.90 Å². The summed E-state index contributed by atoms with van der Waals surface area (Å²) < 4.78 is 0. The van der Waals surface area contributed by atoms with Crippen molar-refractivity contribution in [2.75, 3.05) is 6.54 Å². The van der Waals surface area contributed by atoms with E-state index >= 15 is 0 Å². The number of amides is 1. The van der Waals surface area contributed by atoms with Gasteiger partial charge in [0, 0.05) is 18.5 Å². The maximum absolute atomic E-state index is 12.2. The fourth-order valence-corrected chi connectivity index (χ4v) is 2.24. The Balaban J connectivity index is 2.40. The van der Waals surface area contributed by atoms with Crippen LogP contribution >= 0.6 is 0 Å². The van der Waals surface area contributed by atoms with Crippen molar-refractivity contribution >= 4 is 11.9 Å². The van der Waals surface area contributed by atoms with Gasteiger partial charge in [-0.1, -0.05) is 25.1 Å². The van der Waals surface area contributed by atoms with E-state index in [1.54, 1.807) is 6.07 Å². The van der Waals surface area contributed by atoms with Crippen LogP contribution in [0.5, 0.6) is 0 Å². The van der Waals surface area contributed by atoms with Gasteiger partial charge in [0.15, 0.2) is 0 Å². The third-order valence-electron chi connectivity index (χ3n) is 3.05. The van der Waals surface area contributed by atoms with E-state index in [-0.39, 0.29) is 5.91 Å². The highest BCUT2D eigenvalue weighted by Crippen LogP contribution is 2.23. The maximum atomic E-state index is 12.2. The lowest BCUT2D eigenvalue weighted by Gasteiger charge is -2.33. The molecule has 0 fully saturated rings. The molecule has 1 aliphatic rings. The number of aliphatic carboxylic acids is 1. The highest BCUT2D eigenvalue weighted by Gasteiger charge is 2.35. The number of carboxylic acid groups (broad SMARTS) is 1. The monoisotopic (exact) mass is 233 g/mol.